The highest BCUT2D eigenvalue weighted by molar-refractivity contribution is 7.99. The molecule has 6 heteroatoms. The maximum Gasteiger partial charge on any atom is 0.273 e. The topological polar surface area (TPSA) is 82.0 Å². The maximum atomic E-state index is 10.4. The molecule has 0 unspecified atom stereocenters. The van der Waals surface area contributed by atoms with Crippen molar-refractivity contribution in [3.63, 3.8) is 0 Å². The first-order chi connectivity index (χ1) is 6.24. The van der Waals surface area contributed by atoms with E-state index in [2.05, 4.69) is 4.98 Å². The molecule has 0 aliphatic heterocycles. The molecule has 0 aromatic carbocycles. The van der Waals surface area contributed by atoms with Gasteiger partial charge in [-0.05, 0) is 0 Å². The predicted octanol–water partition coefficient (Wildman–Crippen LogP) is 1.04. The number of hydrogen-bond donors (Lipinski definition) is 1. The van der Waals surface area contributed by atoms with Gasteiger partial charge in [-0.2, -0.15) is 0 Å². The molecule has 0 radical (unpaired) electrons. The minimum atomic E-state index is -0.436. The number of thioether (sulfide) groups is 1. The Morgan fingerprint density at radius 3 is 3.08 bits per heavy atom. The van der Waals surface area contributed by atoms with Crippen molar-refractivity contribution in [1.29, 1.82) is 0 Å². The Hall–Kier alpha value is -1.14. The van der Waals surface area contributed by atoms with Gasteiger partial charge in [0, 0.05) is 30.6 Å². The molecule has 0 amide bonds. The maximum absolute atomic E-state index is 10.4. The molecular weight excluding hydrogens is 190 g/mol. The van der Waals surface area contributed by atoms with Gasteiger partial charge < -0.3 is 5.73 Å². The van der Waals surface area contributed by atoms with E-state index >= 15 is 0 Å². The van der Waals surface area contributed by atoms with Crippen molar-refractivity contribution in [1.82, 2.24) is 4.98 Å². The van der Waals surface area contributed by atoms with Gasteiger partial charge in [0.1, 0.15) is 5.03 Å². The highest BCUT2D eigenvalue weighted by Gasteiger charge is 2.06. The summed E-state index contributed by atoms with van der Waals surface area (Å²) >= 11 is 1.41. The average Bonchev–Trinajstić information content (AvgIpc) is 2.15. The molecule has 0 spiro atoms. The van der Waals surface area contributed by atoms with Crippen LogP contribution in [0.25, 0.3) is 0 Å². The normalized spacial score (nSPS) is 9.92. The van der Waals surface area contributed by atoms with Crippen LogP contribution in [0.3, 0.4) is 0 Å². The van der Waals surface area contributed by atoms with Crippen LogP contribution in [0.5, 0.6) is 0 Å². The van der Waals surface area contributed by atoms with E-state index in [4.69, 9.17) is 5.73 Å². The van der Waals surface area contributed by atoms with Crippen molar-refractivity contribution in [2.75, 3.05) is 12.3 Å². The van der Waals surface area contributed by atoms with Gasteiger partial charge in [-0.15, -0.1) is 11.8 Å². The standard InChI is InChI=1S/C7H9N3O2S/c8-2-4-13-7-5-6(10(11)12)1-3-9-7/h1,3,5H,2,4,8H2. The first-order valence-electron chi connectivity index (χ1n) is 3.67. The third-order valence-corrected chi connectivity index (χ3v) is 2.26. The molecule has 13 heavy (non-hydrogen) atoms. The SMILES string of the molecule is NCCSc1cc([N+](=O)[O-])ccn1. The second kappa shape index (κ2) is 4.78. The highest BCUT2D eigenvalue weighted by Crippen LogP contribution is 2.19. The van der Waals surface area contributed by atoms with Crippen molar-refractivity contribution in [2.45, 2.75) is 5.03 Å². The fourth-order valence-corrected chi connectivity index (χ4v) is 1.42. The molecule has 0 atom stereocenters. The Morgan fingerprint density at radius 2 is 2.46 bits per heavy atom. The molecule has 0 fully saturated rings. The van der Waals surface area contributed by atoms with Gasteiger partial charge in [0.15, 0.2) is 0 Å². The number of aromatic nitrogens is 1. The van der Waals surface area contributed by atoms with Crippen LogP contribution < -0.4 is 5.73 Å². The molecular formula is C7H9N3O2S. The van der Waals surface area contributed by atoms with Crippen molar-refractivity contribution in [3.8, 4) is 0 Å². The average molecular weight is 199 g/mol. The van der Waals surface area contributed by atoms with Crippen LogP contribution >= 0.6 is 11.8 Å². The fourth-order valence-electron chi connectivity index (χ4n) is 0.755. The van der Waals surface area contributed by atoms with E-state index in [-0.39, 0.29) is 5.69 Å². The second-order valence-electron chi connectivity index (χ2n) is 2.25. The lowest BCUT2D eigenvalue weighted by Gasteiger charge is -1.97. The summed E-state index contributed by atoms with van der Waals surface area (Å²) in [4.78, 5) is 13.9. The molecule has 0 saturated carbocycles. The lowest BCUT2D eigenvalue weighted by Crippen LogP contribution is -2.01. The molecule has 70 valence electrons. The zero-order valence-electron chi connectivity index (χ0n) is 6.84. The third-order valence-electron chi connectivity index (χ3n) is 1.30. The Balaban J connectivity index is 2.73. The Bertz CT molecular complexity index is 306. The van der Waals surface area contributed by atoms with Gasteiger partial charge in [0.25, 0.3) is 5.69 Å². The molecule has 1 aromatic heterocycles. The van der Waals surface area contributed by atoms with Crippen molar-refractivity contribution in [3.05, 3.63) is 28.4 Å². The Kier molecular flexibility index (Phi) is 3.66. The van der Waals surface area contributed by atoms with E-state index in [9.17, 15) is 10.1 Å². The van der Waals surface area contributed by atoms with E-state index in [1.165, 1.54) is 30.1 Å². The monoisotopic (exact) mass is 199 g/mol. The van der Waals surface area contributed by atoms with E-state index in [0.29, 0.717) is 17.3 Å². The third kappa shape index (κ3) is 3.00. The molecule has 1 rings (SSSR count). The van der Waals surface area contributed by atoms with Gasteiger partial charge >= 0.3 is 0 Å². The lowest BCUT2D eigenvalue weighted by molar-refractivity contribution is -0.385. The minimum absolute atomic E-state index is 0.0644. The molecule has 0 bridgehead atoms. The summed E-state index contributed by atoms with van der Waals surface area (Å²) in [5.41, 5.74) is 5.36. The summed E-state index contributed by atoms with van der Waals surface area (Å²) in [7, 11) is 0. The van der Waals surface area contributed by atoms with Crippen LogP contribution in [0.15, 0.2) is 23.4 Å². The summed E-state index contributed by atoms with van der Waals surface area (Å²) in [6.07, 6.45) is 1.43. The van der Waals surface area contributed by atoms with Gasteiger partial charge in [-0.25, -0.2) is 4.98 Å². The smallest absolute Gasteiger partial charge is 0.273 e. The van der Waals surface area contributed by atoms with Crippen molar-refractivity contribution < 1.29 is 4.92 Å². The predicted molar refractivity (Wildman–Crippen MR) is 50.7 cm³/mol. The minimum Gasteiger partial charge on any atom is -0.330 e. The van der Waals surface area contributed by atoms with E-state index in [1.54, 1.807) is 0 Å². The largest absolute Gasteiger partial charge is 0.330 e. The first-order valence-corrected chi connectivity index (χ1v) is 4.66. The molecule has 0 saturated heterocycles. The van der Waals surface area contributed by atoms with Crippen LogP contribution in [0.2, 0.25) is 0 Å². The fraction of sp³-hybridized carbons (Fsp3) is 0.286. The molecule has 1 heterocycles. The van der Waals surface area contributed by atoms with E-state index in [1.807, 2.05) is 0 Å². The summed E-state index contributed by atoms with van der Waals surface area (Å²) in [6, 6.07) is 2.81. The highest BCUT2D eigenvalue weighted by atomic mass is 32.2. The molecule has 2 N–H and O–H groups in total. The first kappa shape index (κ1) is 9.94. The van der Waals surface area contributed by atoms with Gasteiger partial charge in [0.2, 0.25) is 0 Å². The summed E-state index contributed by atoms with van der Waals surface area (Å²) in [5, 5.41) is 11.0. The van der Waals surface area contributed by atoms with Crippen LogP contribution in [0.4, 0.5) is 5.69 Å². The van der Waals surface area contributed by atoms with Crippen LogP contribution in [-0.2, 0) is 0 Å². The molecule has 0 aliphatic carbocycles. The lowest BCUT2D eigenvalue weighted by atomic mass is 10.4. The van der Waals surface area contributed by atoms with Crippen LogP contribution in [-0.4, -0.2) is 22.2 Å². The molecule has 0 aliphatic rings. The number of nitrogens with zero attached hydrogens (tertiary/aromatic N) is 2. The Labute approximate surface area is 79.5 Å². The number of nitrogens with two attached hydrogens (primary N) is 1. The zero-order valence-corrected chi connectivity index (χ0v) is 7.66. The molecule has 1 aromatic rings. The second-order valence-corrected chi connectivity index (χ2v) is 3.36. The quantitative estimate of drug-likeness (QED) is 0.445. The summed E-state index contributed by atoms with van der Waals surface area (Å²) < 4.78 is 0. The number of rotatable bonds is 4. The van der Waals surface area contributed by atoms with Gasteiger partial charge in [-0.1, -0.05) is 0 Å². The van der Waals surface area contributed by atoms with E-state index < -0.39 is 4.92 Å². The zero-order chi connectivity index (χ0) is 9.68. The number of pyridine rings is 1. The summed E-state index contributed by atoms with van der Waals surface area (Å²) in [5.74, 6) is 0.716. The molecule has 5 nitrogen and oxygen atoms in total. The van der Waals surface area contributed by atoms with Crippen molar-refractivity contribution in [2.24, 2.45) is 5.73 Å². The number of hydrogen-bond acceptors (Lipinski definition) is 5. The van der Waals surface area contributed by atoms with Gasteiger partial charge in [-0.3, -0.25) is 10.1 Å². The van der Waals surface area contributed by atoms with E-state index in [0.717, 1.165) is 0 Å². The van der Waals surface area contributed by atoms with Crippen molar-refractivity contribution >= 4 is 17.4 Å². The number of nitro groups is 1. The van der Waals surface area contributed by atoms with Crippen LogP contribution in [0, 0.1) is 10.1 Å². The Morgan fingerprint density at radius 1 is 1.69 bits per heavy atom. The van der Waals surface area contributed by atoms with Gasteiger partial charge in [0.05, 0.1) is 4.92 Å². The van der Waals surface area contributed by atoms with Crippen LogP contribution in [0.1, 0.15) is 0 Å². The summed E-state index contributed by atoms with van der Waals surface area (Å²) in [6.45, 7) is 0.537.